The lowest BCUT2D eigenvalue weighted by Gasteiger charge is -2.14. The molecular weight excluding hydrogens is 308 g/mol. The highest BCUT2D eigenvalue weighted by Gasteiger charge is 2.20. The summed E-state index contributed by atoms with van der Waals surface area (Å²) in [6, 6.07) is 17.8. The summed E-state index contributed by atoms with van der Waals surface area (Å²) in [7, 11) is 0. The minimum Gasteiger partial charge on any atom is -0.0839 e. The van der Waals surface area contributed by atoms with E-state index in [4.69, 9.17) is 0 Å². The normalized spacial score (nSPS) is 22.1. The van der Waals surface area contributed by atoms with Gasteiger partial charge in [0.15, 0.2) is 0 Å². The van der Waals surface area contributed by atoms with E-state index in [9.17, 15) is 0 Å². The molecule has 0 heterocycles. The van der Waals surface area contributed by atoms with Gasteiger partial charge in [-0.2, -0.15) is 0 Å². The van der Waals surface area contributed by atoms with Crippen LogP contribution >= 0.6 is 15.9 Å². The van der Waals surface area contributed by atoms with Crippen molar-refractivity contribution in [3.63, 3.8) is 0 Å². The quantitative estimate of drug-likeness (QED) is 0.491. The van der Waals surface area contributed by atoms with Crippen molar-refractivity contribution in [2.45, 2.75) is 37.4 Å². The lowest BCUT2D eigenvalue weighted by molar-refractivity contribution is 0.508. The van der Waals surface area contributed by atoms with Crippen LogP contribution in [0.25, 0.3) is 0 Å². The van der Waals surface area contributed by atoms with Crippen LogP contribution in [0, 0.1) is 5.92 Å². The molecule has 1 aliphatic carbocycles. The molecule has 0 spiro atoms. The number of fused-ring (bicyclic) bond motifs is 1. The van der Waals surface area contributed by atoms with Gasteiger partial charge >= 0.3 is 0 Å². The Morgan fingerprint density at radius 2 is 1.85 bits per heavy atom. The predicted molar refractivity (Wildman–Crippen MR) is 89.5 cm³/mol. The summed E-state index contributed by atoms with van der Waals surface area (Å²) in [5.41, 5.74) is 5.87. The van der Waals surface area contributed by atoms with Gasteiger partial charge in [0.25, 0.3) is 0 Å². The monoisotopic (exact) mass is 328 g/mol. The summed E-state index contributed by atoms with van der Waals surface area (Å²) in [6.07, 6.45) is 4.82. The van der Waals surface area contributed by atoms with E-state index >= 15 is 0 Å². The Morgan fingerprint density at radius 3 is 2.65 bits per heavy atom. The Kier molecular flexibility index (Phi) is 4.26. The number of rotatable bonds is 2. The van der Waals surface area contributed by atoms with Crippen molar-refractivity contribution in [1.29, 1.82) is 0 Å². The van der Waals surface area contributed by atoms with Gasteiger partial charge in [0.05, 0.1) is 0 Å². The Labute approximate surface area is 130 Å². The van der Waals surface area contributed by atoms with E-state index in [1.807, 2.05) is 0 Å². The van der Waals surface area contributed by atoms with E-state index in [1.165, 1.54) is 41.5 Å². The van der Waals surface area contributed by atoms with Crippen molar-refractivity contribution in [3.05, 3.63) is 70.8 Å². The highest BCUT2D eigenvalue weighted by molar-refractivity contribution is 9.09. The Morgan fingerprint density at radius 1 is 1.05 bits per heavy atom. The SMILES string of the molecule is CC1CCc2ccc(Cc3ccccc3)cc2C(Br)C1. The molecule has 0 saturated carbocycles. The first-order valence-electron chi connectivity index (χ1n) is 7.52. The maximum absolute atomic E-state index is 3.90. The second kappa shape index (κ2) is 6.13. The molecule has 2 aromatic rings. The molecule has 0 amide bonds. The Bertz CT molecular complexity index is 574. The number of halogens is 1. The van der Waals surface area contributed by atoms with E-state index in [1.54, 1.807) is 0 Å². The highest BCUT2D eigenvalue weighted by atomic mass is 79.9. The van der Waals surface area contributed by atoms with Gasteiger partial charge in [0, 0.05) is 4.83 Å². The van der Waals surface area contributed by atoms with Crippen molar-refractivity contribution < 1.29 is 0 Å². The van der Waals surface area contributed by atoms with Crippen molar-refractivity contribution >= 4 is 15.9 Å². The molecule has 3 rings (SSSR count). The average molecular weight is 329 g/mol. The molecule has 2 aromatic carbocycles. The number of alkyl halides is 1. The van der Waals surface area contributed by atoms with Gasteiger partial charge in [-0.3, -0.25) is 0 Å². The van der Waals surface area contributed by atoms with E-state index in [0.717, 1.165) is 12.3 Å². The summed E-state index contributed by atoms with van der Waals surface area (Å²) in [5.74, 6) is 0.810. The van der Waals surface area contributed by atoms with E-state index in [-0.39, 0.29) is 0 Å². The summed E-state index contributed by atoms with van der Waals surface area (Å²) >= 11 is 3.90. The average Bonchev–Trinajstić information content (AvgIpc) is 2.59. The topological polar surface area (TPSA) is 0 Å². The molecular formula is C19H21Br. The lowest BCUT2D eigenvalue weighted by atomic mass is 9.97. The second-order valence-corrected chi connectivity index (χ2v) is 7.15. The van der Waals surface area contributed by atoms with Crippen LogP contribution in [0.1, 0.15) is 46.8 Å². The van der Waals surface area contributed by atoms with E-state index in [0.29, 0.717) is 4.83 Å². The van der Waals surface area contributed by atoms with Gasteiger partial charge in [-0.05, 0) is 53.9 Å². The third-order valence-corrected chi connectivity index (χ3v) is 5.18. The molecule has 0 fully saturated rings. The largest absolute Gasteiger partial charge is 0.0839 e. The zero-order valence-corrected chi connectivity index (χ0v) is 13.6. The summed E-state index contributed by atoms with van der Waals surface area (Å²) in [4.78, 5) is 0.519. The molecule has 2 atom stereocenters. The van der Waals surface area contributed by atoms with Crippen LogP contribution in [0.15, 0.2) is 48.5 Å². The molecule has 0 radical (unpaired) electrons. The minimum absolute atomic E-state index is 0.519. The van der Waals surface area contributed by atoms with Gasteiger partial charge in [-0.15, -0.1) is 0 Å². The Hall–Kier alpha value is -1.08. The fourth-order valence-electron chi connectivity index (χ4n) is 3.11. The summed E-state index contributed by atoms with van der Waals surface area (Å²) in [6.45, 7) is 2.37. The van der Waals surface area contributed by atoms with Gasteiger partial charge in [0.2, 0.25) is 0 Å². The minimum atomic E-state index is 0.519. The molecule has 0 nitrogen and oxygen atoms in total. The first-order valence-corrected chi connectivity index (χ1v) is 8.43. The second-order valence-electron chi connectivity index (χ2n) is 6.04. The molecule has 0 aliphatic heterocycles. The molecule has 104 valence electrons. The molecule has 2 unspecified atom stereocenters. The Balaban J connectivity index is 1.87. The molecule has 1 heteroatoms. The van der Waals surface area contributed by atoms with Gasteiger partial charge < -0.3 is 0 Å². The fourth-order valence-corrected chi connectivity index (χ4v) is 4.17. The maximum atomic E-state index is 3.90. The van der Waals surface area contributed by atoms with Gasteiger partial charge in [-0.25, -0.2) is 0 Å². The van der Waals surface area contributed by atoms with Crippen molar-refractivity contribution in [2.24, 2.45) is 5.92 Å². The van der Waals surface area contributed by atoms with Crippen molar-refractivity contribution in [1.82, 2.24) is 0 Å². The van der Waals surface area contributed by atoms with Gasteiger partial charge in [-0.1, -0.05) is 71.4 Å². The zero-order chi connectivity index (χ0) is 13.9. The van der Waals surface area contributed by atoms with Crippen LogP contribution in [-0.2, 0) is 12.8 Å². The third-order valence-electron chi connectivity index (χ3n) is 4.31. The zero-order valence-electron chi connectivity index (χ0n) is 12.0. The summed E-state index contributed by atoms with van der Waals surface area (Å²) in [5, 5.41) is 0. The van der Waals surface area contributed by atoms with E-state index in [2.05, 4.69) is 71.4 Å². The first kappa shape index (κ1) is 13.9. The standard InChI is InChI=1S/C19H21Br/c1-14-7-9-17-10-8-16(13-18(17)19(20)11-14)12-15-5-3-2-4-6-15/h2-6,8,10,13-14,19H,7,9,11-12H2,1H3. The molecule has 0 N–H and O–H groups in total. The summed E-state index contributed by atoms with van der Waals surface area (Å²) < 4.78 is 0. The van der Waals surface area contributed by atoms with Gasteiger partial charge in [0.1, 0.15) is 0 Å². The van der Waals surface area contributed by atoms with Crippen molar-refractivity contribution in [2.75, 3.05) is 0 Å². The smallest absolute Gasteiger partial charge is 0.0400 e. The molecule has 0 aromatic heterocycles. The number of hydrogen-bond acceptors (Lipinski definition) is 0. The van der Waals surface area contributed by atoms with Crippen molar-refractivity contribution in [3.8, 4) is 0 Å². The molecule has 20 heavy (non-hydrogen) atoms. The van der Waals surface area contributed by atoms with Crippen LogP contribution in [0.3, 0.4) is 0 Å². The molecule has 1 aliphatic rings. The van der Waals surface area contributed by atoms with Crippen LogP contribution in [0.5, 0.6) is 0 Å². The van der Waals surface area contributed by atoms with Crippen LogP contribution in [0.4, 0.5) is 0 Å². The first-order chi connectivity index (χ1) is 9.72. The number of benzene rings is 2. The fraction of sp³-hybridized carbons (Fsp3) is 0.368. The number of aryl methyl sites for hydroxylation is 1. The van der Waals surface area contributed by atoms with Crippen LogP contribution in [0.2, 0.25) is 0 Å². The number of hydrogen-bond donors (Lipinski definition) is 0. The van der Waals surface area contributed by atoms with Crippen LogP contribution in [-0.4, -0.2) is 0 Å². The maximum Gasteiger partial charge on any atom is 0.0400 e. The molecule has 0 bridgehead atoms. The molecule has 0 saturated heterocycles. The lowest BCUT2D eigenvalue weighted by Crippen LogP contribution is -1.97. The highest BCUT2D eigenvalue weighted by Crippen LogP contribution is 2.38. The third kappa shape index (κ3) is 3.15. The van der Waals surface area contributed by atoms with E-state index < -0.39 is 0 Å². The predicted octanol–water partition coefficient (Wildman–Crippen LogP) is 5.69. The van der Waals surface area contributed by atoms with Crippen LogP contribution < -0.4 is 0 Å².